The number of allylic oxidation sites excluding steroid dienone is 1. The van der Waals surface area contributed by atoms with E-state index in [9.17, 15) is 18.0 Å². The number of nitrogens with zero attached hydrogens (tertiary/aromatic N) is 2. The molecule has 0 bridgehead atoms. The van der Waals surface area contributed by atoms with Crippen LogP contribution in [0.5, 0.6) is 5.75 Å². The summed E-state index contributed by atoms with van der Waals surface area (Å²) in [6.45, 7) is 4.19. The van der Waals surface area contributed by atoms with Gasteiger partial charge in [0.05, 0.1) is 0 Å². The summed E-state index contributed by atoms with van der Waals surface area (Å²) < 4.78 is 40.8. The molecule has 1 aromatic carbocycles. The molecule has 142 valence electrons. The number of hydrogen-bond acceptors (Lipinski definition) is 4. The van der Waals surface area contributed by atoms with E-state index < -0.39 is 6.36 Å². The molecule has 26 heavy (non-hydrogen) atoms. The number of benzene rings is 1. The zero-order valence-corrected chi connectivity index (χ0v) is 14.5. The lowest BCUT2D eigenvalue weighted by atomic mass is 10.1. The molecular formula is C19H23F3N2O2. The standard InChI is InChI=1S/C19H23F3N2O2/c20-19(21,22)26-17-7-3-5-15(13-17)18(25)8-12-24-11-4-6-16(24)14-23-9-1-2-10-23/h3,5,7-8,12-13,16H,1-2,4,6,9-11,14H2/t16-/m0/s1. The van der Waals surface area contributed by atoms with E-state index in [2.05, 4.69) is 14.5 Å². The van der Waals surface area contributed by atoms with Crippen molar-refractivity contribution in [3.63, 3.8) is 0 Å². The van der Waals surface area contributed by atoms with Gasteiger partial charge in [-0.25, -0.2) is 0 Å². The van der Waals surface area contributed by atoms with Crippen molar-refractivity contribution < 1.29 is 22.7 Å². The molecule has 2 aliphatic rings. The van der Waals surface area contributed by atoms with Gasteiger partial charge in [0.25, 0.3) is 0 Å². The second-order valence-corrected chi connectivity index (χ2v) is 6.80. The minimum absolute atomic E-state index is 0.179. The molecule has 1 atom stereocenters. The summed E-state index contributed by atoms with van der Waals surface area (Å²) in [6, 6.07) is 5.57. The van der Waals surface area contributed by atoms with Crippen molar-refractivity contribution in [1.82, 2.24) is 9.80 Å². The zero-order valence-electron chi connectivity index (χ0n) is 14.5. The number of rotatable bonds is 6. The third-order valence-corrected chi connectivity index (χ3v) is 4.86. The third-order valence-electron chi connectivity index (χ3n) is 4.86. The second-order valence-electron chi connectivity index (χ2n) is 6.80. The van der Waals surface area contributed by atoms with Crippen molar-refractivity contribution in [2.24, 2.45) is 0 Å². The summed E-state index contributed by atoms with van der Waals surface area (Å²) in [4.78, 5) is 16.9. The molecule has 0 saturated carbocycles. The first kappa shape index (κ1) is 18.8. The van der Waals surface area contributed by atoms with Gasteiger partial charge in [0, 0.05) is 37.0 Å². The molecule has 1 aromatic rings. The predicted octanol–water partition coefficient (Wildman–Crippen LogP) is 3.84. The van der Waals surface area contributed by atoms with Crippen molar-refractivity contribution >= 4 is 5.78 Å². The smallest absolute Gasteiger partial charge is 0.406 e. The lowest BCUT2D eigenvalue weighted by molar-refractivity contribution is -0.274. The van der Waals surface area contributed by atoms with Gasteiger partial charge >= 0.3 is 6.36 Å². The number of ketones is 1. The Bertz CT molecular complexity index is 654. The van der Waals surface area contributed by atoms with Crippen LogP contribution in [0.25, 0.3) is 0 Å². The minimum atomic E-state index is -4.77. The van der Waals surface area contributed by atoms with E-state index in [0.717, 1.165) is 45.1 Å². The van der Waals surface area contributed by atoms with Gasteiger partial charge in [0.15, 0.2) is 5.78 Å². The molecule has 4 nitrogen and oxygen atoms in total. The molecule has 0 unspecified atom stereocenters. The molecule has 0 spiro atoms. The fourth-order valence-corrected chi connectivity index (χ4v) is 3.62. The van der Waals surface area contributed by atoms with Crippen LogP contribution < -0.4 is 4.74 Å². The van der Waals surface area contributed by atoms with Gasteiger partial charge in [0.1, 0.15) is 5.75 Å². The van der Waals surface area contributed by atoms with Crippen LogP contribution in [-0.4, -0.2) is 54.2 Å². The van der Waals surface area contributed by atoms with Crippen LogP contribution in [0.15, 0.2) is 36.5 Å². The van der Waals surface area contributed by atoms with Gasteiger partial charge in [-0.3, -0.25) is 4.79 Å². The topological polar surface area (TPSA) is 32.8 Å². The maximum Gasteiger partial charge on any atom is 0.573 e. The molecule has 0 aliphatic carbocycles. The largest absolute Gasteiger partial charge is 0.573 e. The molecule has 2 saturated heterocycles. The Labute approximate surface area is 151 Å². The molecule has 0 radical (unpaired) electrons. The van der Waals surface area contributed by atoms with Gasteiger partial charge in [-0.2, -0.15) is 0 Å². The number of likely N-dealkylation sites (tertiary alicyclic amines) is 2. The number of alkyl halides is 3. The first-order valence-electron chi connectivity index (χ1n) is 8.97. The SMILES string of the molecule is O=C(C=CN1CCC[C@H]1CN1CCCC1)c1cccc(OC(F)(F)F)c1. The minimum Gasteiger partial charge on any atom is -0.406 e. The molecule has 0 aromatic heterocycles. The van der Waals surface area contributed by atoms with Gasteiger partial charge in [0.2, 0.25) is 0 Å². The third kappa shape index (κ3) is 5.24. The molecular weight excluding hydrogens is 345 g/mol. The zero-order chi connectivity index (χ0) is 18.6. The fraction of sp³-hybridized carbons (Fsp3) is 0.526. The molecule has 7 heteroatoms. The lowest BCUT2D eigenvalue weighted by Gasteiger charge is -2.27. The highest BCUT2D eigenvalue weighted by Crippen LogP contribution is 2.24. The Balaban J connectivity index is 1.60. The Morgan fingerprint density at radius 3 is 2.69 bits per heavy atom. The summed E-state index contributed by atoms with van der Waals surface area (Å²) in [5, 5.41) is 0. The van der Waals surface area contributed by atoms with Crippen molar-refractivity contribution in [1.29, 1.82) is 0 Å². The van der Waals surface area contributed by atoms with Crippen LogP contribution in [0.2, 0.25) is 0 Å². The van der Waals surface area contributed by atoms with Crippen LogP contribution in [0, 0.1) is 0 Å². The summed E-state index contributed by atoms with van der Waals surface area (Å²) in [5.74, 6) is -0.714. The Morgan fingerprint density at radius 1 is 1.19 bits per heavy atom. The van der Waals surface area contributed by atoms with Crippen molar-refractivity contribution in [3.8, 4) is 5.75 Å². The Morgan fingerprint density at radius 2 is 1.96 bits per heavy atom. The van der Waals surface area contributed by atoms with E-state index in [1.165, 1.54) is 37.1 Å². The van der Waals surface area contributed by atoms with E-state index in [0.29, 0.717) is 6.04 Å². The highest BCUT2D eigenvalue weighted by molar-refractivity contribution is 6.04. The number of carbonyl (C=O) groups is 1. The van der Waals surface area contributed by atoms with E-state index in [1.54, 1.807) is 6.20 Å². The van der Waals surface area contributed by atoms with Gasteiger partial charge in [-0.1, -0.05) is 12.1 Å². The normalized spacial score (nSPS) is 21.7. The molecule has 3 rings (SSSR count). The summed E-state index contributed by atoms with van der Waals surface area (Å²) in [7, 11) is 0. The van der Waals surface area contributed by atoms with E-state index in [1.807, 2.05) is 0 Å². The molecule has 0 amide bonds. The fourth-order valence-electron chi connectivity index (χ4n) is 3.62. The summed E-state index contributed by atoms with van der Waals surface area (Å²) in [5.41, 5.74) is 0.179. The first-order valence-corrected chi connectivity index (χ1v) is 8.97. The summed E-state index contributed by atoms with van der Waals surface area (Å²) in [6.07, 6.45) is 3.14. The molecule has 2 fully saturated rings. The molecule has 2 aliphatic heterocycles. The van der Waals surface area contributed by atoms with Crippen LogP contribution in [0.3, 0.4) is 0 Å². The molecule has 2 heterocycles. The van der Waals surface area contributed by atoms with E-state index >= 15 is 0 Å². The molecule has 0 N–H and O–H groups in total. The number of ether oxygens (including phenoxy) is 1. The van der Waals surface area contributed by atoms with Crippen molar-refractivity contribution in [3.05, 3.63) is 42.1 Å². The highest BCUT2D eigenvalue weighted by atomic mass is 19.4. The number of halogens is 3. The first-order chi connectivity index (χ1) is 12.4. The Hall–Kier alpha value is -2.02. The number of carbonyl (C=O) groups excluding carboxylic acids is 1. The lowest BCUT2D eigenvalue weighted by Crippen LogP contribution is -2.36. The van der Waals surface area contributed by atoms with E-state index in [4.69, 9.17) is 0 Å². The summed E-state index contributed by atoms with van der Waals surface area (Å²) >= 11 is 0. The second kappa shape index (κ2) is 8.12. The highest BCUT2D eigenvalue weighted by Gasteiger charge is 2.31. The van der Waals surface area contributed by atoms with Crippen LogP contribution in [0.1, 0.15) is 36.0 Å². The van der Waals surface area contributed by atoms with Crippen molar-refractivity contribution in [2.75, 3.05) is 26.2 Å². The van der Waals surface area contributed by atoms with Crippen LogP contribution in [-0.2, 0) is 0 Å². The maximum absolute atomic E-state index is 12.3. The van der Waals surface area contributed by atoms with Crippen molar-refractivity contribution in [2.45, 2.75) is 38.1 Å². The van der Waals surface area contributed by atoms with E-state index in [-0.39, 0.29) is 17.1 Å². The number of hydrogen-bond donors (Lipinski definition) is 0. The van der Waals surface area contributed by atoms with Crippen LogP contribution in [0.4, 0.5) is 13.2 Å². The monoisotopic (exact) mass is 368 g/mol. The predicted molar refractivity (Wildman–Crippen MR) is 92.0 cm³/mol. The maximum atomic E-state index is 12.3. The average molecular weight is 368 g/mol. The van der Waals surface area contributed by atoms with Gasteiger partial charge in [-0.15, -0.1) is 13.2 Å². The van der Waals surface area contributed by atoms with Crippen LogP contribution >= 0.6 is 0 Å². The van der Waals surface area contributed by atoms with Gasteiger partial charge < -0.3 is 14.5 Å². The Kier molecular flexibility index (Phi) is 5.86. The average Bonchev–Trinajstić information content (AvgIpc) is 3.24. The quantitative estimate of drug-likeness (QED) is 0.564. The van der Waals surface area contributed by atoms with Gasteiger partial charge in [-0.05, 0) is 50.9 Å².